The van der Waals surface area contributed by atoms with Gasteiger partial charge in [0.05, 0.1) is 22.3 Å². The summed E-state index contributed by atoms with van der Waals surface area (Å²) >= 11 is 1.46. The molecule has 4 aromatic rings. The maximum absolute atomic E-state index is 12.6. The first kappa shape index (κ1) is 15.9. The molecule has 0 saturated carbocycles. The van der Waals surface area contributed by atoms with Crippen molar-refractivity contribution in [2.75, 3.05) is 0 Å². The number of rotatable bonds is 3. The van der Waals surface area contributed by atoms with Gasteiger partial charge in [0.25, 0.3) is 10.8 Å². The summed E-state index contributed by atoms with van der Waals surface area (Å²) in [6.07, 6.45) is 0. The summed E-state index contributed by atoms with van der Waals surface area (Å²) < 4.78 is 9.06. The zero-order valence-corrected chi connectivity index (χ0v) is 15.2. The molecule has 0 amide bonds. The Morgan fingerprint density at radius 2 is 2.00 bits per heavy atom. The molecule has 4 rings (SSSR count). The van der Waals surface area contributed by atoms with Crippen LogP contribution in [0.3, 0.4) is 0 Å². The first-order valence-corrected chi connectivity index (χ1v) is 8.84. The molecule has 0 fully saturated rings. The second kappa shape index (κ2) is 5.73. The smallest absolute Gasteiger partial charge is 0.262 e. The molecular weight excluding hydrogens is 338 g/mol. The quantitative estimate of drug-likeness (QED) is 0.526. The number of oxazole rings is 1. The highest BCUT2D eigenvalue weighted by molar-refractivity contribution is 7.98. The van der Waals surface area contributed by atoms with Crippen molar-refractivity contribution in [3.05, 3.63) is 51.4 Å². The van der Waals surface area contributed by atoms with Gasteiger partial charge in [-0.25, -0.2) is 4.98 Å². The van der Waals surface area contributed by atoms with Gasteiger partial charge in [0.15, 0.2) is 0 Å². The number of thioether (sulfide) groups is 1. The maximum atomic E-state index is 12.6. The second-order valence-corrected chi connectivity index (χ2v) is 6.97. The van der Waals surface area contributed by atoms with Gasteiger partial charge in [0.2, 0.25) is 5.78 Å². The molecule has 25 heavy (non-hydrogen) atoms. The Hall–Kier alpha value is -2.61. The minimum absolute atomic E-state index is 0.0725. The third kappa shape index (κ3) is 2.53. The van der Waals surface area contributed by atoms with Crippen LogP contribution in [0.2, 0.25) is 0 Å². The number of nitrogens with zero attached hydrogens (tertiary/aromatic N) is 5. The number of fused-ring (bicyclic) bond motifs is 3. The third-order valence-corrected chi connectivity index (χ3v) is 5.10. The van der Waals surface area contributed by atoms with Crippen LogP contribution in [0.4, 0.5) is 0 Å². The largest absolute Gasteiger partial charge is 0.437 e. The summed E-state index contributed by atoms with van der Waals surface area (Å²) in [5, 5.41) is 9.74. The maximum Gasteiger partial charge on any atom is 0.262 e. The SMILES string of the molecule is Cc1ccc2c(c1)c(=O)n(C)c1nnc(CSc3nc(C)c(C)o3)n21. The van der Waals surface area contributed by atoms with Gasteiger partial charge in [0, 0.05) is 7.05 Å². The lowest BCUT2D eigenvalue weighted by molar-refractivity contribution is 0.431. The zero-order valence-electron chi connectivity index (χ0n) is 14.4. The van der Waals surface area contributed by atoms with Crippen LogP contribution in [0.15, 0.2) is 32.6 Å². The Balaban J connectivity index is 1.85. The molecule has 0 unspecified atom stereocenters. The summed E-state index contributed by atoms with van der Waals surface area (Å²) in [5.74, 6) is 2.63. The van der Waals surface area contributed by atoms with Gasteiger partial charge in [-0.15, -0.1) is 10.2 Å². The lowest BCUT2D eigenvalue weighted by atomic mass is 10.1. The van der Waals surface area contributed by atoms with Gasteiger partial charge in [0.1, 0.15) is 11.6 Å². The van der Waals surface area contributed by atoms with Crippen molar-refractivity contribution in [3.8, 4) is 0 Å². The Morgan fingerprint density at radius 3 is 2.72 bits per heavy atom. The monoisotopic (exact) mass is 355 g/mol. The van der Waals surface area contributed by atoms with E-state index < -0.39 is 0 Å². The van der Waals surface area contributed by atoms with Crippen molar-refractivity contribution in [3.63, 3.8) is 0 Å². The summed E-state index contributed by atoms with van der Waals surface area (Å²) in [4.78, 5) is 17.0. The predicted molar refractivity (Wildman–Crippen MR) is 96.0 cm³/mol. The Bertz CT molecular complexity index is 1150. The number of aromatic nitrogens is 5. The lowest BCUT2D eigenvalue weighted by Crippen LogP contribution is -2.20. The van der Waals surface area contributed by atoms with Crippen LogP contribution in [-0.4, -0.2) is 24.1 Å². The molecule has 0 spiro atoms. The van der Waals surface area contributed by atoms with Gasteiger partial charge in [-0.3, -0.25) is 13.8 Å². The van der Waals surface area contributed by atoms with Crippen molar-refractivity contribution in [2.24, 2.45) is 7.05 Å². The third-order valence-electron chi connectivity index (χ3n) is 4.27. The first-order chi connectivity index (χ1) is 12.0. The van der Waals surface area contributed by atoms with E-state index in [2.05, 4.69) is 15.2 Å². The van der Waals surface area contributed by atoms with Crippen LogP contribution in [0.1, 0.15) is 22.8 Å². The fraction of sp³-hybridized carbons (Fsp3) is 0.294. The molecule has 3 heterocycles. The highest BCUT2D eigenvalue weighted by Gasteiger charge is 2.16. The van der Waals surface area contributed by atoms with Crippen molar-refractivity contribution in [1.82, 2.24) is 24.1 Å². The van der Waals surface area contributed by atoms with E-state index in [1.807, 2.05) is 43.4 Å². The van der Waals surface area contributed by atoms with E-state index in [0.29, 0.717) is 22.1 Å². The highest BCUT2D eigenvalue weighted by Crippen LogP contribution is 2.25. The van der Waals surface area contributed by atoms with Crippen LogP contribution in [-0.2, 0) is 12.8 Å². The van der Waals surface area contributed by atoms with Crippen LogP contribution in [0, 0.1) is 20.8 Å². The van der Waals surface area contributed by atoms with Crippen molar-refractivity contribution >= 4 is 28.4 Å². The lowest BCUT2D eigenvalue weighted by Gasteiger charge is -2.08. The Kier molecular flexibility index (Phi) is 3.64. The molecule has 1 aromatic carbocycles. The minimum atomic E-state index is -0.0725. The van der Waals surface area contributed by atoms with E-state index in [0.717, 1.165) is 28.4 Å². The summed E-state index contributed by atoms with van der Waals surface area (Å²) in [7, 11) is 1.71. The van der Waals surface area contributed by atoms with Crippen molar-refractivity contribution in [2.45, 2.75) is 31.7 Å². The molecular formula is C17H17N5O2S. The summed E-state index contributed by atoms with van der Waals surface area (Å²) in [5.41, 5.74) is 2.66. The molecule has 0 aliphatic heterocycles. The van der Waals surface area contributed by atoms with Crippen molar-refractivity contribution in [1.29, 1.82) is 0 Å². The van der Waals surface area contributed by atoms with E-state index >= 15 is 0 Å². The molecule has 7 nitrogen and oxygen atoms in total. The van der Waals surface area contributed by atoms with Crippen LogP contribution in [0.25, 0.3) is 16.7 Å². The van der Waals surface area contributed by atoms with Gasteiger partial charge >= 0.3 is 0 Å². The van der Waals surface area contributed by atoms with Gasteiger partial charge in [-0.2, -0.15) is 0 Å². The number of aryl methyl sites for hydroxylation is 4. The van der Waals surface area contributed by atoms with E-state index in [1.54, 1.807) is 7.05 Å². The van der Waals surface area contributed by atoms with Crippen LogP contribution >= 0.6 is 11.8 Å². The average Bonchev–Trinajstić information content (AvgIpc) is 3.14. The highest BCUT2D eigenvalue weighted by atomic mass is 32.2. The van der Waals surface area contributed by atoms with Gasteiger partial charge in [-0.05, 0) is 32.9 Å². The van der Waals surface area contributed by atoms with Gasteiger partial charge < -0.3 is 4.42 Å². The molecule has 8 heteroatoms. The fourth-order valence-electron chi connectivity index (χ4n) is 2.78. The van der Waals surface area contributed by atoms with Gasteiger partial charge in [-0.1, -0.05) is 23.4 Å². The first-order valence-electron chi connectivity index (χ1n) is 7.86. The van der Waals surface area contributed by atoms with E-state index in [-0.39, 0.29) is 5.56 Å². The van der Waals surface area contributed by atoms with E-state index in [1.165, 1.54) is 16.3 Å². The van der Waals surface area contributed by atoms with E-state index in [4.69, 9.17) is 4.42 Å². The summed E-state index contributed by atoms with van der Waals surface area (Å²) in [6, 6.07) is 5.82. The molecule has 0 aliphatic rings. The predicted octanol–water partition coefficient (Wildman–Crippen LogP) is 2.79. The molecule has 0 N–H and O–H groups in total. The number of benzene rings is 1. The molecule has 3 aromatic heterocycles. The average molecular weight is 355 g/mol. The molecule has 0 aliphatic carbocycles. The topological polar surface area (TPSA) is 78.2 Å². The Morgan fingerprint density at radius 1 is 1.20 bits per heavy atom. The molecule has 128 valence electrons. The zero-order chi connectivity index (χ0) is 17.7. The molecule has 0 saturated heterocycles. The molecule has 0 bridgehead atoms. The molecule has 0 atom stereocenters. The van der Waals surface area contributed by atoms with E-state index in [9.17, 15) is 4.79 Å². The van der Waals surface area contributed by atoms with Crippen LogP contribution < -0.4 is 5.56 Å². The second-order valence-electron chi connectivity index (χ2n) is 6.05. The number of hydrogen-bond donors (Lipinski definition) is 0. The van der Waals surface area contributed by atoms with Crippen molar-refractivity contribution < 1.29 is 4.42 Å². The minimum Gasteiger partial charge on any atom is -0.437 e. The number of hydrogen-bond acceptors (Lipinski definition) is 6. The fourth-order valence-corrected chi connectivity index (χ4v) is 3.61. The molecule has 0 radical (unpaired) electrons. The Labute approximate surface area is 147 Å². The standard InChI is InChI=1S/C17H17N5O2S/c1-9-5-6-13-12(7-9)15(23)21(4)16-20-19-14(22(13)16)8-25-17-18-10(2)11(3)24-17/h5-7H,8H2,1-4H3. The summed E-state index contributed by atoms with van der Waals surface area (Å²) in [6.45, 7) is 5.78. The normalized spacial score (nSPS) is 11.7. The van der Waals surface area contributed by atoms with Crippen LogP contribution in [0.5, 0.6) is 0 Å².